The van der Waals surface area contributed by atoms with Crippen molar-refractivity contribution in [2.24, 2.45) is 0 Å². The van der Waals surface area contributed by atoms with E-state index in [1.165, 1.54) is 11.1 Å². The number of imidazole rings is 1. The van der Waals surface area contributed by atoms with Crippen LogP contribution in [0.25, 0.3) is 0 Å². The van der Waals surface area contributed by atoms with Crippen LogP contribution in [0.15, 0.2) is 79.4 Å². The first-order valence-electron chi connectivity index (χ1n) is 8.25. The second-order valence-electron chi connectivity index (χ2n) is 6.34. The SMILES string of the molecule is CN1O[C@H](c2ccccc2)C[C@@]1(Cn1ccnc1)c1ccccc1. The third kappa shape index (κ3) is 2.64. The van der Waals surface area contributed by atoms with Crippen LogP contribution in [0.4, 0.5) is 0 Å². The maximum absolute atomic E-state index is 6.27. The molecular weight excluding hydrogens is 298 g/mol. The minimum atomic E-state index is -0.220. The van der Waals surface area contributed by atoms with Crippen LogP contribution in [0.5, 0.6) is 0 Å². The standard InChI is InChI=1S/C20H21N3O/c1-22-20(15-23-13-12-21-16-23,18-10-6-3-7-11-18)14-19(24-22)17-8-4-2-5-9-17/h2-13,16,19H,14-15H2,1H3/t19-,20+/m0/s1. The molecule has 0 bridgehead atoms. The lowest BCUT2D eigenvalue weighted by molar-refractivity contribution is -0.176. The van der Waals surface area contributed by atoms with E-state index in [0.717, 1.165) is 13.0 Å². The Kier molecular flexibility index (Phi) is 3.92. The van der Waals surface area contributed by atoms with E-state index >= 15 is 0 Å². The normalized spacial score (nSPS) is 24.3. The predicted molar refractivity (Wildman–Crippen MR) is 93.0 cm³/mol. The number of aromatic nitrogens is 2. The molecule has 0 spiro atoms. The van der Waals surface area contributed by atoms with Gasteiger partial charge >= 0.3 is 0 Å². The Morgan fingerprint density at radius 2 is 1.79 bits per heavy atom. The van der Waals surface area contributed by atoms with Crippen LogP contribution < -0.4 is 0 Å². The summed E-state index contributed by atoms with van der Waals surface area (Å²) in [5.41, 5.74) is 2.26. The molecule has 122 valence electrons. The highest BCUT2D eigenvalue weighted by molar-refractivity contribution is 5.28. The third-order valence-electron chi connectivity index (χ3n) is 4.90. The molecule has 1 saturated heterocycles. The number of hydrogen-bond donors (Lipinski definition) is 0. The van der Waals surface area contributed by atoms with Crippen molar-refractivity contribution in [2.75, 3.05) is 7.05 Å². The van der Waals surface area contributed by atoms with Crippen molar-refractivity contribution in [3.63, 3.8) is 0 Å². The zero-order valence-electron chi connectivity index (χ0n) is 13.7. The maximum atomic E-state index is 6.27. The van der Waals surface area contributed by atoms with E-state index in [0.29, 0.717) is 0 Å². The topological polar surface area (TPSA) is 30.3 Å². The Bertz CT molecular complexity index is 773. The number of benzene rings is 2. The van der Waals surface area contributed by atoms with Crippen LogP contribution in [0.3, 0.4) is 0 Å². The van der Waals surface area contributed by atoms with E-state index < -0.39 is 0 Å². The van der Waals surface area contributed by atoms with Gasteiger partial charge in [-0.1, -0.05) is 60.7 Å². The highest BCUT2D eigenvalue weighted by Crippen LogP contribution is 2.46. The van der Waals surface area contributed by atoms with E-state index in [-0.39, 0.29) is 11.6 Å². The molecule has 1 aliphatic heterocycles. The summed E-state index contributed by atoms with van der Waals surface area (Å²) in [6.45, 7) is 0.802. The largest absolute Gasteiger partial charge is 0.335 e. The Hall–Kier alpha value is -2.43. The molecule has 1 fully saturated rings. The number of rotatable bonds is 4. The van der Waals surface area contributed by atoms with E-state index in [1.807, 2.05) is 36.9 Å². The second-order valence-corrected chi connectivity index (χ2v) is 6.34. The minimum absolute atomic E-state index is 0.0555. The molecule has 1 aromatic heterocycles. The summed E-state index contributed by atoms with van der Waals surface area (Å²) in [6, 6.07) is 21.1. The van der Waals surface area contributed by atoms with Crippen molar-refractivity contribution in [1.29, 1.82) is 0 Å². The molecule has 24 heavy (non-hydrogen) atoms. The lowest BCUT2D eigenvalue weighted by Crippen LogP contribution is -2.41. The van der Waals surface area contributed by atoms with Gasteiger partial charge in [-0.15, -0.1) is 0 Å². The average Bonchev–Trinajstić information content (AvgIpc) is 3.26. The summed E-state index contributed by atoms with van der Waals surface area (Å²) >= 11 is 0. The monoisotopic (exact) mass is 319 g/mol. The fourth-order valence-corrected chi connectivity index (χ4v) is 3.60. The number of hydroxylamine groups is 2. The van der Waals surface area contributed by atoms with Gasteiger partial charge in [-0.25, -0.2) is 4.98 Å². The van der Waals surface area contributed by atoms with Gasteiger partial charge in [0.2, 0.25) is 0 Å². The van der Waals surface area contributed by atoms with Crippen LogP contribution in [0, 0.1) is 0 Å². The van der Waals surface area contributed by atoms with Gasteiger partial charge in [0.1, 0.15) is 6.10 Å². The van der Waals surface area contributed by atoms with Gasteiger partial charge in [0.05, 0.1) is 11.9 Å². The molecule has 2 atom stereocenters. The molecule has 2 heterocycles. The molecule has 0 N–H and O–H groups in total. The molecule has 0 radical (unpaired) electrons. The van der Waals surface area contributed by atoms with E-state index in [4.69, 9.17) is 4.84 Å². The Balaban J connectivity index is 1.73. The first-order valence-corrected chi connectivity index (χ1v) is 8.25. The smallest absolute Gasteiger partial charge is 0.107 e. The van der Waals surface area contributed by atoms with E-state index in [1.54, 1.807) is 0 Å². The summed E-state index contributed by atoms with van der Waals surface area (Å²) in [7, 11) is 2.03. The molecule has 4 heteroatoms. The molecule has 2 aromatic carbocycles. The molecule has 4 nitrogen and oxygen atoms in total. The van der Waals surface area contributed by atoms with Crippen molar-refractivity contribution in [1.82, 2.24) is 14.6 Å². The summed E-state index contributed by atoms with van der Waals surface area (Å²) in [4.78, 5) is 10.5. The van der Waals surface area contributed by atoms with Crippen molar-refractivity contribution in [3.05, 3.63) is 90.5 Å². The Morgan fingerprint density at radius 1 is 1.08 bits per heavy atom. The first kappa shape index (κ1) is 15.1. The van der Waals surface area contributed by atoms with Crippen LogP contribution in [-0.4, -0.2) is 21.7 Å². The predicted octanol–water partition coefficient (Wildman–Crippen LogP) is 3.79. The summed E-state index contributed by atoms with van der Waals surface area (Å²) < 4.78 is 2.13. The van der Waals surface area contributed by atoms with Crippen LogP contribution >= 0.6 is 0 Å². The Labute approximate surface area is 142 Å². The highest BCUT2D eigenvalue weighted by Gasteiger charge is 2.47. The quantitative estimate of drug-likeness (QED) is 0.733. The van der Waals surface area contributed by atoms with Gasteiger partial charge in [0.25, 0.3) is 0 Å². The summed E-state index contributed by atoms with van der Waals surface area (Å²) in [5, 5.41) is 2.03. The van der Waals surface area contributed by atoms with Gasteiger partial charge in [-0.2, -0.15) is 5.06 Å². The Morgan fingerprint density at radius 3 is 2.46 bits per heavy atom. The first-order chi connectivity index (χ1) is 11.8. The number of nitrogens with zero attached hydrogens (tertiary/aromatic N) is 3. The van der Waals surface area contributed by atoms with Crippen molar-refractivity contribution >= 4 is 0 Å². The van der Waals surface area contributed by atoms with Crippen LogP contribution in [-0.2, 0) is 16.9 Å². The van der Waals surface area contributed by atoms with Gasteiger partial charge in [-0.3, -0.25) is 4.84 Å². The fraction of sp³-hybridized carbons (Fsp3) is 0.250. The van der Waals surface area contributed by atoms with Gasteiger partial charge in [0, 0.05) is 32.4 Å². The van der Waals surface area contributed by atoms with Crippen LogP contribution in [0.1, 0.15) is 23.7 Å². The molecule has 4 rings (SSSR count). The number of hydrogen-bond acceptors (Lipinski definition) is 3. The summed E-state index contributed by atoms with van der Waals surface area (Å²) in [6.07, 6.45) is 6.65. The molecule has 0 amide bonds. The average molecular weight is 319 g/mol. The number of likely N-dealkylation sites (N-methyl/N-ethyl adjacent to an activating group) is 1. The lowest BCUT2D eigenvalue weighted by atomic mass is 9.83. The summed E-state index contributed by atoms with van der Waals surface area (Å²) in [5.74, 6) is 0. The van der Waals surface area contributed by atoms with Gasteiger partial charge in [0.15, 0.2) is 0 Å². The van der Waals surface area contributed by atoms with E-state index in [2.05, 4.69) is 64.1 Å². The van der Waals surface area contributed by atoms with Crippen LogP contribution in [0.2, 0.25) is 0 Å². The zero-order chi connectivity index (χ0) is 16.4. The molecule has 1 aliphatic rings. The molecule has 3 aromatic rings. The maximum Gasteiger partial charge on any atom is 0.107 e. The zero-order valence-corrected chi connectivity index (χ0v) is 13.7. The van der Waals surface area contributed by atoms with Crippen molar-refractivity contribution in [3.8, 4) is 0 Å². The van der Waals surface area contributed by atoms with Crippen molar-refractivity contribution < 1.29 is 4.84 Å². The molecule has 0 saturated carbocycles. The molecular formula is C20H21N3O. The lowest BCUT2D eigenvalue weighted by Gasteiger charge is -2.34. The second kappa shape index (κ2) is 6.23. The van der Waals surface area contributed by atoms with Crippen molar-refractivity contribution in [2.45, 2.75) is 24.6 Å². The van der Waals surface area contributed by atoms with Gasteiger partial charge in [-0.05, 0) is 11.1 Å². The highest BCUT2D eigenvalue weighted by atomic mass is 16.7. The molecule has 0 aliphatic carbocycles. The fourth-order valence-electron chi connectivity index (χ4n) is 3.60. The van der Waals surface area contributed by atoms with E-state index in [9.17, 15) is 0 Å². The minimum Gasteiger partial charge on any atom is -0.335 e. The molecule has 0 unspecified atom stereocenters. The van der Waals surface area contributed by atoms with Gasteiger partial charge < -0.3 is 4.57 Å². The third-order valence-corrected chi connectivity index (χ3v) is 4.90.